The lowest BCUT2D eigenvalue weighted by Gasteiger charge is -2.18. The van der Waals surface area contributed by atoms with Gasteiger partial charge in [-0.25, -0.2) is 4.42 Å². The number of aryl methyl sites for hydroxylation is 5. The van der Waals surface area contributed by atoms with Crippen LogP contribution in [0.15, 0.2) is 174 Å². The molecule has 2 aliphatic heterocycles. The molecule has 0 unspecified atom stereocenters. The van der Waals surface area contributed by atoms with Crippen molar-refractivity contribution in [2.24, 2.45) is 0 Å². The third-order valence-corrected chi connectivity index (χ3v) is 10.6. The van der Waals surface area contributed by atoms with Crippen molar-refractivity contribution < 1.29 is 49.0 Å². The highest BCUT2D eigenvalue weighted by molar-refractivity contribution is 6.33. The summed E-state index contributed by atoms with van der Waals surface area (Å²) in [7, 11) is -5.19. The summed E-state index contributed by atoms with van der Waals surface area (Å²) in [5, 5.41) is 0. The van der Waals surface area contributed by atoms with Crippen molar-refractivity contribution in [1.82, 2.24) is 0 Å². The SMILES string of the molecule is Cc1ccc(-c2cc(C)[o+]c(-c3ccc(C)cc3)c2)cc1.Cc1ccc(C2=CC(=CC=CC3=[N+](C)c4ccccc4C3(C)C)OC(c3ccc(C)cc3)=C2)cc1.FB(F)F.FB(F)F.[F-].[F-]. The minimum atomic E-state index is -3.67. The maximum absolute atomic E-state index is 9.67. The summed E-state index contributed by atoms with van der Waals surface area (Å²) in [5.74, 6) is 3.52. The van der Waals surface area contributed by atoms with E-state index in [0.717, 1.165) is 39.7 Å². The molecule has 5 aromatic carbocycles. The quantitative estimate of drug-likeness (QED) is 0.0721. The standard InChI is InChI=1S/C33H32NO.C20H19O.2BF3.2FH/c1-23-13-17-25(18-14-23)27-21-28(35-31(22-27)26-19-15-24(2)16-20-26)9-8-12-32-33(3,4)29-10-6-7-11-30(29)34(32)5;1-14-4-8-17(9-5-14)19-12-16(3)21-20(13-19)18-10-6-15(2)7-11-18;2*2-1(3)4;;/h6-22H,1-5H3;4-13H,1-3H3;;;2*1H/q2*+1;;;;/p-2. The minimum absolute atomic E-state index is 0. The van der Waals surface area contributed by atoms with Crippen LogP contribution in [0, 0.1) is 34.6 Å². The Labute approximate surface area is 383 Å². The van der Waals surface area contributed by atoms with Crippen LogP contribution in [0.1, 0.15) is 58.6 Å². The number of ether oxygens (including phenoxy) is 1. The molecule has 8 rings (SSSR count). The molecule has 2 aliphatic rings. The molecule has 66 heavy (non-hydrogen) atoms. The normalized spacial score (nSPS) is 13.7. The predicted octanol–water partition coefficient (Wildman–Crippen LogP) is 9.49. The first-order valence-electron chi connectivity index (χ1n) is 20.7. The van der Waals surface area contributed by atoms with E-state index >= 15 is 0 Å². The van der Waals surface area contributed by atoms with Crippen LogP contribution in [0.4, 0.5) is 31.6 Å². The molecular formula is C53H51B2F8NO2. The van der Waals surface area contributed by atoms with E-state index in [2.05, 4.69) is 217 Å². The fourth-order valence-corrected chi connectivity index (χ4v) is 7.32. The number of halogens is 8. The van der Waals surface area contributed by atoms with Gasteiger partial charge in [0, 0.05) is 34.9 Å². The van der Waals surface area contributed by atoms with Crippen LogP contribution in [0.25, 0.3) is 33.8 Å². The molecule has 0 aliphatic carbocycles. The van der Waals surface area contributed by atoms with Gasteiger partial charge in [0.15, 0.2) is 5.71 Å². The fourth-order valence-electron chi connectivity index (χ4n) is 7.32. The average molecular weight is 908 g/mol. The molecule has 0 atom stereocenters. The predicted molar refractivity (Wildman–Crippen MR) is 253 cm³/mol. The smallest absolute Gasteiger partial charge is 0.762 e. The number of hydrogen-bond acceptors (Lipinski definition) is 1. The van der Waals surface area contributed by atoms with Gasteiger partial charge < -0.3 is 14.1 Å². The lowest BCUT2D eigenvalue weighted by molar-refractivity contribution is -0.401. The highest BCUT2D eigenvalue weighted by atomic mass is 19.4. The van der Waals surface area contributed by atoms with E-state index in [1.54, 1.807) is 0 Å². The van der Waals surface area contributed by atoms with Gasteiger partial charge in [0.1, 0.15) is 18.6 Å². The molecule has 0 amide bonds. The second-order valence-electron chi connectivity index (χ2n) is 16.0. The van der Waals surface area contributed by atoms with Crippen molar-refractivity contribution in [3.8, 4) is 22.5 Å². The topological polar surface area (TPSA) is 23.5 Å². The maximum Gasteiger partial charge on any atom is 0.762 e. The second kappa shape index (κ2) is 24.5. The van der Waals surface area contributed by atoms with Crippen LogP contribution in [0.2, 0.25) is 0 Å². The van der Waals surface area contributed by atoms with Crippen molar-refractivity contribution in [3.05, 3.63) is 214 Å². The van der Waals surface area contributed by atoms with Crippen molar-refractivity contribution in [3.63, 3.8) is 0 Å². The van der Waals surface area contributed by atoms with Gasteiger partial charge in [0.2, 0.25) is 5.69 Å². The number of hydrogen-bond donors (Lipinski definition) is 0. The van der Waals surface area contributed by atoms with Gasteiger partial charge in [-0.05, 0) is 88.6 Å². The van der Waals surface area contributed by atoms with Crippen LogP contribution in [-0.2, 0) is 10.2 Å². The summed E-state index contributed by atoms with van der Waals surface area (Å²) in [6.45, 7) is 15.0. The molecule has 0 N–H and O–H groups in total. The van der Waals surface area contributed by atoms with Gasteiger partial charge in [-0.1, -0.05) is 131 Å². The molecule has 0 saturated heterocycles. The van der Waals surface area contributed by atoms with Crippen LogP contribution in [0.3, 0.4) is 0 Å². The monoisotopic (exact) mass is 907 g/mol. The Morgan fingerprint density at radius 3 is 1.52 bits per heavy atom. The number of nitrogens with zero attached hydrogens (tertiary/aromatic N) is 1. The van der Waals surface area contributed by atoms with Crippen LogP contribution in [0.5, 0.6) is 0 Å². The highest BCUT2D eigenvalue weighted by Crippen LogP contribution is 2.39. The van der Waals surface area contributed by atoms with Crippen LogP contribution in [-0.4, -0.2) is 32.4 Å². The fraction of sp³-hybridized carbons (Fsp3) is 0.170. The summed E-state index contributed by atoms with van der Waals surface area (Å²) in [6, 6.07) is 47.0. The molecule has 3 nitrogen and oxygen atoms in total. The van der Waals surface area contributed by atoms with Crippen LogP contribution >= 0.6 is 0 Å². The van der Waals surface area contributed by atoms with Crippen molar-refractivity contribution in [2.75, 3.05) is 7.05 Å². The molecule has 0 bridgehead atoms. The van der Waals surface area contributed by atoms with E-state index in [0.29, 0.717) is 0 Å². The maximum atomic E-state index is 9.67. The Balaban J connectivity index is 0.000000317. The van der Waals surface area contributed by atoms with Crippen LogP contribution < -0.4 is 9.41 Å². The van der Waals surface area contributed by atoms with E-state index in [9.17, 15) is 25.9 Å². The molecule has 1 aromatic heterocycles. The Kier molecular flexibility index (Phi) is 19.9. The van der Waals surface area contributed by atoms with Gasteiger partial charge in [0.05, 0.1) is 24.0 Å². The summed E-state index contributed by atoms with van der Waals surface area (Å²) in [4.78, 5) is 0. The Bertz CT molecular complexity index is 2600. The number of rotatable bonds is 6. The largest absolute Gasteiger partial charge is 1.00 e. The zero-order valence-electron chi connectivity index (χ0n) is 38.0. The molecule has 3 heterocycles. The minimum Gasteiger partial charge on any atom is -1.00 e. The van der Waals surface area contributed by atoms with Gasteiger partial charge >= 0.3 is 26.6 Å². The van der Waals surface area contributed by atoms with E-state index < -0.39 is 15.1 Å². The van der Waals surface area contributed by atoms with E-state index in [-0.39, 0.29) is 14.8 Å². The molecule has 6 aromatic rings. The first-order chi connectivity index (χ1) is 30.4. The van der Waals surface area contributed by atoms with E-state index in [4.69, 9.17) is 9.15 Å². The van der Waals surface area contributed by atoms with Gasteiger partial charge in [0.25, 0.3) is 0 Å². The number of allylic oxidation sites excluding steroid dienone is 6. The molecule has 342 valence electrons. The Morgan fingerprint density at radius 2 is 1.02 bits per heavy atom. The lowest BCUT2D eigenvalue weighted by atomic mass is 9.81. The molecule has 0 saturated carbocycles. The van der Waals surface area contributed by atoms with Crippen molar-refractivity contribution >= 4 is 37.8 Å². The van der Waals surface area contributed by atoms with E-state index in [1.165, 1.54) is 55.9 Å². The molecular weight excluding hydrogens is 856 g/mol. The van der Waals surface area contributed by atoms with Crippen molar-refractivity contribution in [2.45, 2.75) is 53.9 Å². The first-order valence-corrected chi connectivity index (χ1v) is 20.7. The molecule has 0 radical (unpaired) electrons. The summed E-state index contributed by atoms with van der Waals surface area (Å²) < 4.78 is 72.5. The third kappa shape index (κ3) is 14.9. The molecule has 13 heteroatoms. The van der Waals surface area contributed by atoms with Crippen molar-refractivity contribution in [1.29, 1.82) is 0 Å². The molecule has 0 spiro atoms. The second-order valence-corrected chi connectivity index (χ2v) is 16.0. The number of benzene rings is 5. The Hall–Kier alpha value is -6.75. The van der Waals surface area contributed by atoms with Gasteiger partial charge in [-0.2, -0.15) is 4.58 Å². The first kappa shape index (κ1) is 53.6. The summed E-state index contributed by atoms with van der Waals surface area (Å²) >= 11 is 0. The summed E-state index contributed by atoms with van der Waals surface area (Å²) in [6.07, 6.45) is 10.6. The lowest BCUT2D eigenvalue weighted by Crippen LogP contribution is -3.00. The highest BCUT2D eigenvalue weighted by Gasteiger charge is 2.42. The third-order valence-electron chi connectivity index (χ3n) is 10.6. The number of para-hydroxylation sites is 1. The average Bonchev–Trinajstić information content (AvgIpc) is 3.44. The zero-order chi connectivity index (χ0) is 46.6. The van der Waals surface area contributed by atoms with Gasteiger partial charge in [-0.15, -0.1) is 0 Å². The van der Waals surface area contributed by atoms with Gasteiger partial charge in [-0.3, -0.25) is 25.9 Å². The zero-order valence-corrected chi connectivity index (χ0v) is 38.0. The number of fused-ring (bicyclic) bond motifs is 1. The Morgan fingerprint density at radius 1 is 0.561 bits per heavy atom. The molecule has 0 fully saturated rings. The van der Waals surface area contributed by atoms with E-state index in [1.807, 2.05) is 6.92 Å². The summed E-state index contributed by atoms with van der Waals surface area (Å²) in [5.41, 5.74) is 15.8.